The lowest BCUT2D eigenvalue weighted by atomic mass is 10.0. The normalized spacial score (nSPS) is 13.1. The molecule has 104 valence electrons. The van der Waals surface area contributed by atoms with E-state index in [1.807, 2.05) is 0 Å². The number of carbonyl (C=O) groups excluding carboxylic acids is 3. The molecule has 1 N–H and O–H groups in total. The SMILES string of the molecule is CCOC(=O)NN(C(=O)OCC)[C@@](C)(C=O)CC. The first-order chi connectivity index (χ1) is 8.45. The Labute approximate surface area is 106 Å². The van der Waals surface area contributed by atoms with Gasteiger partial charge in [-0.2, -0.15) is 0 Å². The summed E-state index contributed by atoms with van der Waals surface area (Å²) in [5.74, 6) is 0. The summed E-state index contributed by atoms with van der Waals surface area (Å²) in [7, 11) is 0. The van der Waals surface area contributed by atoms with E-state index >= 15 is 0 Å². The molecule has 0 fully saturated rings. The fraction of sp³-hybridized carbons (Fsp3) is 0.727. The van der Waals surface area contributed by atoms with Gasteiger partial charge < -0.3 is 14.3 Å². The topological polar surface area (TPSA) is 84.9 Å². The van der Waals surface area contributed by atoms with E-state index in [-0.39, 0.29) is 13.2 Å². The number of hydrogen-bond acceptors (Lipinski definition) is 5. The lowest BCUT2D eigenvalue weighted by Gasteiger charge is -2.34. The molecule has 0 aliphatic rings. The van der Waals surface area contributed by atoms with Crippen LogP contribution in [0.4, 0.5) is 9.59 Å². The number of ether oxygens (including phenoxy) is 2. The molecular weight excluding hydrogens is 240 g/mol. The monoisotopic (exact) mass is 260 g/mol. The Morgan fingerprint density at radius 1 is 1.22 bits per heavy atom. The molecule has 7 nitrogen and oxygen atoms in total. The maximum Gasteiger partial charge on any atom is 0.429 e. The highest BCUT2D eigenvalue weighted by Crippen LogP contribution is 2.16. The van der Waals surface area contributed by atoms with E-state index in [0.717, 1.165) is 5.01 Å². The van der Waals surface area contributed by atoms with E-state index in [1.54, 1.807) is 20.8 Å². The Bertz CT molecular complexity index is 308. The minimum atomic E-state index is -1.18. The zero-order valence-electron chi connectivity index (χ0n) is 11.2. The number of rotatable bonds is 5. The summed E-state index contributed by atoms with van der Waals surface area (Å²) in [5.41, 5.74) is 1.03. The third-order valence-corrected chi connectivity index (χ3v) is 2.41. The van der Waals surface area contributed by atoms with Crippen LogP contribution in [-0.4, -0.2) is 42.2 Å². The third-order valence-electron chi connectivity index (χ3n) is 2.41. The molecule has 7 heteroatoms. The summed E-state index contributed by atoms with van der Waals surface area (Å²) in [6.07, 6.45) is -0.716. The second-order valence-electron chi connectivity index (χ2n) is 3.70. The number of aldehydes is 1. The molecule has 0 aliphatic carbocycles. The first-order valence-corrected chi connectivity index (χ1v) is 5.81. The predicted octanol–water partition coefficient (Wildman–Crippen LogP) is 1.47. The summed E-state index contributed by atoms with van der Waals surface area (Å²) in [4.78, 5) is 34.2. The molecule has 2 amide bonds. The second-order valence-corrected chi connectivity index (χ2v) is 3.70. The van der Waals surface area contributed by atoms with Gasteiger partial charge in [0.05, 0.1) is 13.2 Å². The lowest BCUT2D eigenvalue weighted by Crippen LogP contribution is -2.59. The van der Waals surface area contributed by atoms with Gasteiger partial charge in [0.2, 0.25) is 0 Å². The van der Waals surface area contributed by atoms with Crippen molar-refractivity contribution >= 4 is 18.5 Å². The molecule has 0 saturated heterocycles. The Balaban J connectivity index is 4.98. The summed E-state index contributed by atoms with van der Waals surface area (Å²) in [5, 5.41) is 0.849. The van der Waals surface area contributed by atoms with Gasteiger partial charge in [-0.05, 0) is 27.2 Å². The van der Waals surface area contributed by atoms with Gasteiger partial charge in [0, 0.05) is 0 Å². The van der Waals surface area contributed by atoms with Gasteiger partial charge >= 0.3 is 12.2 Å². The maximum absolute atomic E-state index is 11.7. The fourth-order valence-corrected chi connectivity index (χ4v) is 1.12. The van der Waals surface area contributed by atoms with Crippen LogP contribution in [0.25, 0.3) is 0 Å². The lowest BCUT2D eigenvalue weighted by molar-refractivity contribution is -0.118. The smallest absolute Gasteiger partial charge is 0.429 e. The molecule has 0 spiro atoms. The van der Waals surface area contributed by atoms with Crippen molar-refractivity contribution in [3.63, 3.8) is 0 Å². The van der Waals surface area contributed by atoms with E-state index < -0.39 is 17.7 Å². The first-order valence-electron chi connectivity index (χ1n) is 5.81. The zero-order valence-corrected chi connectivity index (χ0v) is 11.2. The van der Waals surface area contributed by atoms with Crippen LogP contribution in [0.2, 0.25) is 0 Å². The maximum atomic E-state index is 11.7. The van der Waals surface area contributed by atoms with E-state index in [1.165, 1.54) is 6.92 Å². The molecule has 1 atom stereocenters. The van der Waals surface area contributed by atoms with Crippen LogP contribution in [0, 0.1) is 0 Å². The van der Waals surface area contributed by atoms with Crippen LogP contribution in [0.3, 0.4) is 0 Å². The number of hydrogen-bond donors (Lipinski definition) is 1. The summed E-state index contributed by atoms with van der Waals surface area (Å²) < 4.78 is 9.46. The second kappa shape index (κ2) is 7.52. The standard InChI is InChI=1S/C11H20N2O5/c1-5-11(4,8-14)13(10(16)18-7-3)12-9(15)17-6-2/h8H,5-7H2,1-4H3,(H,12,15)/t11-/m1/s1. The van der Waals surface area contributed by atoms with Crippen LogP contribution in [-0.2, 0) is 14.3 Å². The zero-order chi connectivity index (χ0) is 14.2. The highest BCUT2D eigenvalue weighted by atomic mass is 16.6. The van der Waals surface area contributed by atoms with Gasteiger partial charge in [-0.1, -0.05) is 6.92 Å². The van der Waals surface area contributed by atoms with Crippen molar-refractivity contribution in [3.05, 3.63) is 0 Å². The van der Waals surface area contributed by atoms with Crippen molar-refractivity contribution in [2.45, 2.75) is 39.7 Å². The van der Waals surface area contributed by atoms with Crippen molar-refractivity contribution in [2.24, 2.45) is 0 Å². The van der Waals surface area contributed by atoms with Crippen molar-refractivity contribution < 1.29 is 23.9 Å². The number of nitrogens with one attached hydrogen (secondary N) is 1. The number of amides is 2. The Morgan fingerprint density at radius 2 is 1.78 bits per heavy atom. The highest BCUT2D eigenvalue weighted by molar-refractivity contribution is 5.79. The van der Waals surface area contributed by atoms with Gasteiger partial charge in [0.25, 0.3) is 0 Å². The molecule has 0 heterocycles. The van der Waals surface area contributed by atoms with Crippen LogP contribution in [0.5, 0.6) is 0 Å². The molecule has 0 aliphatic heterocycles. The van der Waals surface area contributed by atoms with E-state index in [9.17, 15) is 14.4 Å². The van der Waals surface area contributed by atoms with Crippen molar-refractivity contribution in [1.29, 1.82) is 0 Å². The molecule has 0 bridgehead atoms. The van der Waals surface area contributed by atoms with E-state index in [0.29, 0.717) is 12.7 Å². The third kappa shape index (κ3) is 4.23. The molecule has 0 rings (SSSR count). The largest absolute Gasteiger partial charge is 0.449 e. The number of nitrogens with zero attached hydrogens (tertiary/aromatic N) is 1. The van der Waals surface area contributed by atoms with Crippen molar-refractivity contribution in [1.82, 2.24) is 10.4 Å². The van der Waals surface area contributed by atoms with Gasteiger partial charge in [-0.3, -0.25) is 0 Å². The highest BCUT2D eigenvalue weighted by Gasteiger charge is 2.36. The summed E-state index contributed by atoms with van der Waals surface area (Å²) >= 11 is 0. The average molecular weight is 260 g/mol. The first kappa shape index (κ1) is 16.2. The quantitative estimate of drug-likeness (QED) is 0.597. The summed E-state index contributed by atoms with van der Waals surface area (Å²) in [6, 6.07) is 0. The van der Waals surface area contributed by atoms with Crippen LogP contribution < -0.4 is 5.43 Å². The average Bonchev–Trinajstić information content (AvgIpc) is 2.35. The van der Waals surface area contributed by atoms with Crippen LogP contribution in [0.1, 0.15) is 34.1 Å². The summed E-state index contributed by atoms with van der Waals surface area (Å²) in [6.45, 7) is 6.79. The van der Waals surface area contributed by atoms with Gasteiger partial charge in [0.1, 0.15) is 11.8 Å². The molecular formula is C11H20N2O5. The molecule has 0 saturated carbocycles. The molecule has 0 unspecified atom stereocenters. The van der Waals surface area contributed by atoms with E-state index in [4.69, 9.17) is 4.74 Å². The van der Waals surface area contributed by atoms with Crippen molar-refractivity contribution in [2.75, 3.05) is 13.2 Å². The Morgan fingerprint density at radius 3 is 2.17 bits per heavy atom. The molecule has 0 aromatic carbocycles. The van der Waals surface area contributed by atoms with Crippen molar-refractivity contribution in [3.8, 4) is 0 Å². The molecule has 0 aromatic heterocycles. The minimum Gasteiger partial charge on any atom is -0.449 e. The minimum absolute atomic E-state index is 0.137. The van der Waals surface area contributed by atoms with Gasteiger partial charge in [0.15, 0.2) is 0 Å². The molecule has 0 aromatic rings. The van der Waals surface area contributed by atoms with Gasteiger partial charge in [-0.25, -0.2) is 20.0 Å². The Kier molecular flexibility index (Phi) is 6.77. The van der Waals surface area contributed by atoms with E-state index in [2.05, 4.69) is 10.2 Å². The molecule has 0 radical (unpaired) electrons. The Hall–Kier alpha value is -1.79. The van der Waals surface area contributed by atoms with Crippen LogP contribution in [0.15, 0.2) is 0 Å². The number of hydrazine groups is 1. The van der Waals surface area contributed by atoms with Crippen LogP contribution >= 0.6 is 0 Å². The number of carbonyl (C=O) groups is 3. The molecule has 18 heavy (non-hydrogen) atoms. The predicted molar refractivity (Wildman–Crippen MR) is 63.8 cm³/mol. The fourth-order valence-electron chi connectivity index (χ4n) is 1.12. The van der Waals surface area contributed by atoms with Gasteiger partial charge in [-0.15, -0.1) is 0 Å².